The minimum absolute atomic E-state index is 0.0637. The number of halogens is 1. The monoisotopic (exact) mass is 398 g/mol. The van der Waals surface area contributed by atoms with Crippen molar-refractivity contribution >= 4 is 35.0 Å². The van der Waals surface area contributed by atoms with Crippen LogP contribution < -0.4 is 10.2 Å². The maximum absolute atomic E-state index is 13.2. The SMILES string of the molecule is O=C(NCC12C=CC(O1)C1C(=O)N(c3ccc(Cl)cc3)C(=O)C12)c1ccco1. The number of fused-ring (bicyclic) bond motifs is 5. The molecule has 4 unspecified atom stereocenters. The van der Waals surface area contributed by atoms with Crippen LogP contribution in [0.15, 0.2) is 59.2 Å². The fourth-order valence-corrected chi connectivity index (χ4v) is 4.39. The molecule has 2 fully saturated rings. The van der Waals surface area contributed by atoms with Crippen LogP contribution in [0.3, 0.4) is 0 Å². The summed E-state index contributed by atoms with van der Waals surface area (Å²) in [6.07, 6.45) is 4.48. The van der Waals surface area contributed by atoms with Crippen LogP contribution in [0.5, 0.6) is 0 Å². The quantitative estimate of drug-likeness (QED) is 0.630. The Morgan fingerprint density at radius 1 is 1.18 bits per heavy atom. The van der Waals surface area contributed by atoms with Gasteiger partial charge in [0.15, 0.2) is 5.76 Å². The molecule has 1 aromatic carbocycles. The highest BCUT2D eigenvalue weighted by molar-refractivity contribution is 6.31. The van der Waals surface area contributed by atoms with Crippen LogP contribution in [0, 0.1) is 11.8 Å². The molecule has 0 saturated carbocycles. The molecular formula is C20H15ClN2O5. The van der Waals surface area contributed by atoms with Gasteiger partial charge in [0.2, 0.25) is 11.8 Å². The van der Waals surface area contributed by atoms with Crippen LogP contribution in [-0.4, -0.2) is 36.0 Å². The topological polar surface area (TPSA) is 88.9 Å². The number of imide groups is 1. The number of furan rings is 1. The van der Waals surface area contributed by atoms with Crippen molar-refractivity contribution in [2.75, 3.05) is 11.4 Å². The van der Waals surface area contributed by atoms with Gasteiger partial charge in [0, 0.05) is 5.02 Å². The molecule has 3 aliphatic rings. The first-order valence-electron chi connectivity index (χ1n) is 8.82. The van der Waals surface area contributed by atoms with Gasteiger partial charge in [-0.25, -0.2) is 4.90 Å². The summed E-state index contributed by atoms with van der Waals surface area (Å²) >= 11 is 5.91. The highest BCUT2D eigenvalue weighted by Crippen LogP contribution is 2.52. The van der Waals surface area contributed by atoms with E-state index in [1.54, 1.807) is 48.6 Å². The van der Waals surface area contributed by atoms with Crippen LogP contribution in [0.4, 0.5) is 5.69 Å². The van der Waals surface area contributed by atoms with E-state index in [1.165, 1.54) is 11.2 Å². The van der Waals surface area contributed by atoms with Crippen molar-refractivity contribution in [3.8, 4) is 0 Å². The third-order valence-electron chi connectivity index (χ3n) is 5.51. The number of rotatable bonds is 4. The molecule has 0 spiro atoms. The van der Waals surface area contributed by atoms with Gasteiger partial charge in [-0.05, 0) is 36.4 Å². The predicted molar refractivity (Wildman–Crippen MR) is 98.7 cm³/mol. The first-order valence-corrected chi connectivity index (χ1v) is 9.20. The van der Waals surface area contributed by atoms with Crippen molar-refractivity contribution in [3.63, 3.8) is 0 Å². The molecule has 3 amide bonds. The Hall–Kier alpha value is -2.90. The Morgan fingerprint density at radius 2 is 1.96 bits per heavy atom. The van der Waals surface area contributed by atoms with E-state index in [4.69, 9.17) is 20.8 Å². The van der Waals surface area contributed by atoms with Crippen LogP contribution in [-0.2, 0) is 14.3 Å². The molecule has 28 heavy (non-hydrogen) atoms. The van der Waals surface area contributed by atoms with Crippen molar-refractivity contribution in [2.45, 2.75) is 11.7 Å². The second-order valence-corrected chi connectivity index (χ2v) is 7.48. The first-order chi connectivity index (χ1) is 13.5. The molecule has 4 heterocycles. The van der Waals surface area contributed by atoms with E-state index in [0.717, 1.165) is 0 Å². The zero-order valence-corrected chi connectivity index (χ0v) is 15.3. The van der Waals surface area contributed by atoms with E-state index in [9.17, 15) is 14.4 Å². The fourth-order valence-electron chi connectivity index (χ4n) is 4.26. The second-order valence-electron chi connectivity index (χ2n) is 7.05. The van der Waals surface area contributed by atoms with Gasteiger partial charge in [-0.3, -0.25) is 14.4 Å². The molecule has 142 valence electrons. The van der Waals surface area contributed by atoms with Crippen LogP contribution >= 0.6 is 11.6 Å². The highest BCUT2D eigenvalue weighted by Gasteiger charge is 2.67. The Bertz CT molecular complexity index is 1000. The molecule has 2 bridgehead atoms. The van der Waals surface area contributed by atoms with Gasteiger partial charge < -0.3 is 14.5 Å². The summed E-state index contributed by atoms with van der Waals surface area (Å²) in [5.74, 6) is -2.17. The second kappa shape index (κ2) is 6.05. The van der Waals surface area contributed by atoms with Crippen molar-refractivity contribution in [2.24, 2.45) is 11.8 Å². The van der Waals surface area contributed by atoms with E-state index < -0.39 is 29.4 Å². The number of ether oxygens (including phenoxy) is 1. The number of amides is 3. The van der Waals surface area contributed by atoms with Crippen molar-refractivity contribution < 1.29 is 23.5 Å². The largest absolute Gasteiger partial charge is 0.459 e. The van der Waals surface area contributed by atoms with E-state index in [1.807, 2.05) is 0 Å². The molecule has 2 aromatic rings. The lowest BCUT2D eigenvalue weighted by molar-refractivity contribution is -0.126. The maximum atomic E-state index is 13.2. The maximum Gasteiger partial charge on any atom is 0.287 e. The number of hydrogen-bond donors (Lipinski definition) is 1. The number of carbonyl (C=O) groups is 3. The Kier molecular flexibility index (Phi) is 3.72. The molecule has 4 atom stereocenters. The van der Waals surface area contributed by atoms with Gasteiger partial charge >= 0.3 is 0 Å². The average molecular weight is 399 g/mol. The number of nitrogens with zero attached hydrogens (tertiary/aromatic N) is 1. The lowest BCUT2D eigenvalue weighted by atomic mass is 9.77. The summed E-state index contributed by atoms with van der Waals surface area (Å²) in [6.45, 7) is 0.0637. The third-order valence-corrected chi connectivity index (χ3v) is 5.76. The number of carbonyl (C=O) groups excluding carboxylic acids is 3. The molecule has 0 radical (unpaired) electrons. The summed E-state index contributed by atoms with van der Waals surface area (Å²) in [5, 5.41) is 3.27. The van der Waals surface area contributed by atoms with Crippen molar-refractivity contribution in [1.82, 2.24) is 5.32 Å². The Labute approximate surface area is 164 Å². The highest BCUT2D eigenvalue weighted by atomic mass is 35.5. The molecule has 5 rings (SSSR count). The average Bonchev–Trinajstić information content (AvgIpc) is 3.45. The predicted octanol–water partition coefficient (Wildman–Crippen LogP) is 2.18. The van der Waals surface area contributed by atoms with Gasteiger partial charge in [-0.15, -0.1) is 0 Å². The molecular weight excluding hydrogens is 384 g/mol. The van der Waals surface area contributed by atoms with Crippen molar-refractivity contribution in [3.05, 3.63) is 65.6 Å². The number of anilines is 1. The third kappa shape index (κ3) is 2.36. The summed E-state index contributed by atoms with van der Waals surface area (Å²) in [5.41, 5.74) is -0.575. The van der Waals surface area contributed by atoms with Crippen LogP contribution in [0.1, 0.15) is 10.6 Å². The molecule has 1 aromatic heterocycles. The van der Waals surface area contributed by atoms with E-state index in [-0.39, 0.29) is 24.1 Å². The number of hydrogen-bond acceptors (Lipinski definition) is 5. The first kappa shape index (κ1) is 17.2. The summed E-state index contributed by atoms with van der Waals surface area (Å²) in [6, 6.07) is 9.71. The zero-order valence-electron chi connectivity index (χ0n) is 14.5. The van der Waals surface area contributed by atoms with Gasteiger partial charge in [-0.1, -0.05) is 23.8 Å². The van der Waals surface area contributed by atoms with Crippen LogP contribution in [0.25, 0.3) is 0 Å². The van der Waals surface area contributed by atoms with Gasteiger partial charge in [0.05, 0.1) is 36.4 Å². The zero-order chi connectivity index (χ0) is 19.5. The molecule has 2 saturated heterocycles. The van der Waals surface area contributed by atoms with Crippen molar-refractivity contribution in [1.29, 1.82) is 0 Å². The van der Waals surface area contributed by atoms with Gasteiger partial charge in [-0.2, -0.15) is 0 Å². The smallest absolute Gasteiger partial charge is 0.287 e. The molecule has 7 nitrogen and oxygen atoms in total. The van der Waals surface area contributed by atoms with Gasteiger partial charge in [0.1, 0.15) is 5.60 Å². The summed E-state index contributed by atoms with van der Waals surface area (Å²) in [4.78, 5) is 39.6. The summed E-state index contributed by atoms with van der Waals surface area (Å²) < 4.78 is 11.1. The molecule has 3 aliphatic heterocycles. The fraction of sp³-hybridized carbons (Fsp3) is 0.250. The summed E-state index contributed by atoms with van der Waals surface area (Å²) in [7, 11) is 0. The lowest BCUT2D eigenvalue weighted by Gasteiger charge is -2.29. The lowest BCUT2D eigenvalue weighted by Crippen LogP contribution is -2.48. The molecule has 8 heteroatoms. The number of benzene rings is 1. The van der Waals surface area contributed by atoms with Gasteiger partial charge in [0.25, 0.3) is 5.91 Å². The van der Waals surface area contributed by atoms with E-state index in [2.05, 4.69) is 5.32 Å². The molecule has 1 N–H and O–H groups in total. The van der Waals surface area contributed by atoms with E-state index in [0.29, 0.717) is 10.7 Å². The normalized spacial score (nSPS) is 30.2. The standard InChI is InChI=1S/C20H15ClN2O5/c21-11-3-5-12(6-4-11)23-18(25)15-13-7-8-20(28-13,16(15)19(23)26)10-22-17(24)14-2-1-9-27-14/h1-9,13,15-16H,10H2,(H,22,24). The Balaban J connectivity index is 1.42. The minimum Gasteiger partial charge on any atom is -0.459 e. The van der Waals surface area contributed by atoms with Crippen LogP contribution in [0.2, 0.25) is 5.02 Å². The molecule has 0 aliphatic carbocycles. The minimum atomic E-state index is -1.05. The Morgan fingerprint density at radius 3 is 2.68 bits per heavy atom. The van der Waals surface area contributed by atoms with E-state index >= 15 is 0 Å². The number of nitrogens with one attached hydrogen (secondary N) is 1.